The molecule has 0 unspecified atom stereocenters. The molecule has 0 aliphatic carbocycles. The third kappa shape index (κ3) is 5.98. The molecule has 7 nitrogen and oxygen atoms in total. The fourth-order valence-electron chi connectivity index (χ4n) is 1.91. The predicted molar refractivity (Wildman–Crippen MR) is 91.4 cm³/mol. The first-order chi connectivity index (χ1) is 12.1. The third-order valence-corrected chi connectivity index (χ3v) is 3.17. The minimum atomic E-state index is -0.704. The number of hydrogen-bond acceptors (Lipinski definition) is 5. The molecule has 0 spiro atoms. The average molecular weight is 342 g/mol. The van der Waals surface area contributed by atoms with E-state index in [4.69, 9.17) is 9.47 Å². The average Bonchev–Trinajstić information content (AvgIpc) is 2.65. The second-order valence-electron chi connectivity index (χ2n) is 4.99. The number of rotatable bonds is 7. The zero-order valence-corrected chi connectivity index (χ0v) is 13.7. The van der Waals surface area contributed by atoms with Gasteiger partial charge in [-0.15, -0.1) is 0 Å². The Bertz CT molecular complexity index is 729. The lowest BCUT2D eigenvalue weighted by Crippen LogP contribution is -2.32. The molecule has 0 aromatic heterocycles. The van der Waals surface area contributed by atoms with Crippen LogP contribution in [0.5, 0.6) is 5.75 Å². The number of esters is 1. The zero-order chi connectivity index (χ0) is 18.1. The first-order valence-corrected chi connectivity index (χ1v) is 7.51. The van der Waals surface area contributed by atoms with Gasteiger partial charge in [-0.3, -0.25) is 14.4 Å². The summed E-state index contributed by atoms with van der Waals surface area (Å²) in [5.74, 6) is -0.958. The SMILES string of the molecule is COc1ccc(C(=O)NCC(=O)OCC(=O)Nc2ccccc2)cc1. The molecule has 2 aromatic rings. The van der Waals surface area contributed by atoms with E-state index in [0.717, 1.165) is 0 Å². The van der Waals surface area contributed by atoms with E-state index >= 15 is 0 Å². The van der Waals surface area contributed by atoms with Crippen LogP contribution in [0.3, 0.4) is 0 Å². The Balaban J connectivity index is 1.71. The number of carbonyl (C=O) groups is 3. The van der Waals surface area contributed by atoms with Crippen LogP contribution in [0.1, 0.15) is 10.4 Å². The molecule has 2 rings (SSSR count). The van der Waals surface area contributed by atoms with Gasteiger partial charge in [-0.05, 0) is 36.4 Å². The molecule has 0 aliphatic rings. The summed E-state index contributed by atoms with van der Waals surface area (Å²) in [4.78, 5) is 35.1. The monoisotopic (exact) mass is 342 g/mol. The number of amides is 2. The molecule has 25 heavy (non-hydrogen) atoms. The molecule has 2 N–H and O–H groups in total. The number of para-hydroxylation sites is 1. The van der Waals surface area contributed by atoms with Crippen LogP contribution < -0.4 is 15.4 Å². The van der Waals surface area contributed by atoms with Crippen molar-refractivity contribution in [2.45, 2.75) is 0 Å². The highest BCUT2D eigenvalue weighted by Crippen LogP contribution is 2.11. The normalized spacial score (nSPS) is 9.80. The summed E-state index contributed by atoms with van der Waals surface area (Å²) in [5.41, 5.74) is 0.992. The minimum absolute atomic E-state index is 0.330. The molecular formula is C18H18N2O5. The Morgan fingerprint density at radius 3 is 2.28 bits per heavy atom. The van der Waals surface area contributed by atoms with Gasteiger partial charge in [0.05, 0.1) is 7.11 Å². The fraction of sp³-hybridized carbons (Fsp3) is 0.167. The Hall–Kier alpha value is -3.35. The van der Waals surface area contributed by atoms with E-state index in [9.17, 15) is 14.4 Å². The molecule has 7 heteroatoms. The van der Waals surface area contributed by atoms with E-state index in [2.05, 4.69) is 10.6 Å². The van der Waals surface area contributed by atoms with E-state index < -0.39 is 24.4 Å². The van der Waals surface area contributed by atoms with Crippen LogP contribution in [0.15, 0.2) is 54.6 Å². The number of anilines is 1. The topological polar surface area (TPSA) is 93.7 Å². The van der Waals surface area contributed by atoms with E-state index in [1.165, 1.54) is 7.11 Å². The quantitative estimate of drug-likeness (QED) is 0.746. The number of nitrogens with one attached hydrogen (secondary N) is 2. The van der Waals surface area contributed by atoms with Gasteiger partial charge in [-0.2, -0.15) is 0 Å². The third-order valence-electron chi connectivity index (χ3n) is 3.17. The van der Waals surface area contributed by atoms with Gasteiger partial charge in [-0.25, -0.2) is 0 Å². The summed E-state index contributed by atoms with van der Waals surface area (Å²) < 4.78 is 9.81. The number of hydrogen-bond donors (Lipinski definition) is 2. The molecule has 0 saturated heterocycles. The molecular weight excluding hydrogens is 324 g/mol. The number of methoxy groups -OCH3 is 1. The van der Waals surface area contributed by atoms with Gasteiger partial charge in [0.15, 0.2) is 6.61 Å². The maximum absolute atomic E-state index is 11.9. The number of ether oxygens (including phenoxy) is 2. The lowest BCUT2D eigenvalue weighted by molar-refractivity contribution is -0.146. The summed E-state index contributed by atoms with van der Waals surface area (Å²) >= 11 is 0. The summed E-state index contributed by atoms with van der Waals surface area (Å²) in [6, 6.07) is 15.2. The summed E-state index contributed by atoms with van der Waals surface area (Å²) in [6.45, 7) is -0.754. The van der Waals surface area contributed by atoms with E-state index in [0.29, 0.717) is 17.0 Å². The van der Waals surface area contributed by atoms with Gasteiger partial charge in [0.1, 0.15) is 12.3 Å². The van der Waals surface area contributed by atoms with Gasteiger partial charge in [-0.1, -0.05) is 18.2 Å². The van der Waals surface area contributed by atoms with Crippen molar-refractivity contribution in [2.75, 3.05) is 25.6 Å². The van der Waals surface area contributed by atoms with Crippen LogP contribution in [0.4, 0.5) is 5.69 Å². The molecule has 2 aromatic carbocycles. The Morgan fingerprint density at radius 1 is 0.960 bits per heavy atom. The van der Waals surface area contributed by atoms with Crippen molar-refractivity contribution in [2.24, 2.45) is 0 Å². The van der Waals surface area contributed by atoms with Crippen molar-refractivity contribution in [3.05, 3.63) is 60.2 Å². The van der Waals surface area contributed by atoms with Crippen molar-refractivity contribution in [1.29, 1.82) is 0 Å². The highest BCUT2D eigenvalue weighted by Gasteiger charge is 2.11. The molecule has 0 saturated carbocycles. The van der Waals surface area contributed by atoms with Gasteiger partial charge >= 0.3 is 5.97 Å². The molecule has 0 heterocycles. The van der Waals surface area contributed by atoms with E-state index in [1.54, 1.807) is 48.5 Å². The first-order valence-electron chi connectivity index (χ1n) is 7.51. The van der Waals surface area contributed by atoms with Crippen molar-refractivity contribution in [3.8, 4) is 5.75 Å². The highest BCUT2D eigenvalue weighted by atomic mass is 16.5. The van der Waals surface area contributed by atoms with Crippen molar-refractivity contribution in [1.82, 2.24) is 5.32 Å². The summed E-state index contributed by atoms with van der Waals surface area (Å²) in [7, 11) is 1.53. The molecule has 0 aliphatic heterocycles. The number of benzene rings is 2. The second-order valence-corrected chi connectivity index (χ2v) is 4.99. The van der Waals surface area contributed by atoms with Gasteiger partial charge in [0, 0.05) is 11.3 Å². The molecule has 0 bridgehead atoms. The second kappa shape index (κ2) is 9.07. The van der Waals surface area contributed by atoms with Gasteiger partial charge in [0.25, 0.3) is 11.8 Å². The molecule has 130 valence electrons. The molecule has 0 fully saturated rings. The van der Waals surface area contributed by atoms with Crippen LogP contribution in [-0.4, -0.2) is 38.0 Å². The minimum Gasteiger partial charge on any atom is -0.497 e. The largest absolute Gasteiger partial charge is 0.497 e. The summed E-state index contributed by atoms with van der Waals surface area (Å²) in [6.07, 6.45) is 0. The smallest absolute Gasteiger partial charge is 0.325 e. The van der Waals surface area contributed by atoms with Gasteiger partial charge < -0.3 is 20.1 Å². The van der Waals surface area contributed by atoms with Crippen LogP contribution in [0.2, 0.25) is 0 Å². The molecule has 0 atom stereocenters. The Labute approximate surface area is 144 Å². The zero-order valence-electron chi connectivity index (χ0n) is 13.7. The molecule has 0 radical (unpaired) electrons. The van der Waals surface area contributed by atoms with Crippen molar-refractivity contribution < 1.29 is 23.9 Å². The van der Waals surface area contributed by atoms with E-state index in [1.807, 2.05) is 6.07 Å². The maximum Gasteiger partial charge on any atom is 0.325 e. The maximum atomic E-state index is 11.9. The number of carbonyl (C=O) groups excluding carboxylic acids is 3. The van der Waals surface area contributed by atoms with E-state index in [-0.39, 0.29) is 6.54 Å². The Kier molecular flexibility index (Phi) is 6.53. The van der Waals surface area contributed by atoms with Crippen LogP contribution in [0, 0.1) is 0 Å². The lowest BCUT2D eigenvalue weighted by Gasteiger charge is -2.08. The predicted octanol–water partition coefficient (Wildman–Crippen LogP) is 1.61. The lowest BCUT2D eigenvalue weighted by atomic mass is 10.2. The highest BCUT2D eigenvalue weighted by molar-refractivity contribution is 5.96. The van der Waals surface area contributed by atoms with Crippen molar-refractivity contribution in [3.63, 3.8) is 0 Å². The van der Waals surface area contributed by atoms with Crippen LogP contribution in [-0.2, 0) is 14.3 Å². The van der Waals surface area contributed by atoms with Gasteiger partial charge in [0.2, 0.25) is 0 Å². The van der Waals surface area contributed by atoms with Crippen LogP contribution >= 0.6 is 0 Å². The van der Waals surface area contributed by atoms with Crippen molar-refractivity contribution >= 4 is 23.5 Å². The first kappa shape index (κ1) is 18.0. The standard InChI is InChI=1S/C18H18N2O5/c1-24-15-9-7-13(8-10-15)18(23)19-11-17(22)25-12-16(21)20-14-5-3-2-4-6-14/h2-10H,11-12H2,1H3,(H,19,23)(H,20,21). The molecule has 2 amide bonds. The Morgan fingerprint density at radius 2 is 1.64 bits per heavy atom. The summed E-state index contributed by atoms with van der Waals surface area (Å²) in [5, 5.41) is 5.01. The van der Waals surface area contributed by atoms with Crippen LogP contribution in [0.25, 0.3) is 0 Å². The fourth-order valence-corrected chi connectivity index (χ4v) is 1.91.